The molecule has 2 atom stereocenters. The number of hydrogen-bond acceptors (Lipinski definition) is 3. The lowest BCUT2D eigenvalue weighted by Crippen LogP contribution is -2.44. The molecule has 0 fully saturated rings. The summed E-state index contributed by atoms with van der Waals surface area (Å²) in [4.78, 5) is 11.9. The van der Waals surface area contributed by atoms with Crippen LogP contribution in [0, 0.1) is 0 Å². The standard InChI is InChI=1S/C13H15BrO3/c1-8-7-9-10(5-4-6-11(9)14)13(2,17-8)12(15)16-3/h4-6,8H,7H2,1-3H3. The normalized spacial score (nSPS) is 27.4. The Hall–Kier alpha value is -0.870. The molecule has 0 bridgehead atoms. The van der Waals surface area contributed by atoms with Crippen molar-refractivity contribution < 1.29 is 14.3 Å². The molecule has 4 heteroatoms. The fourth-order valence-corrected chi connectivity index (χ4v) is 2.89. The molecule has 1 heterocycles. The van der Waals surface area contributed by atoms with Crippen molar-refractivity contribution in [2.24, 2.45) is 0 Å². The lowest BCUT2D eigenvalue weighted by Gasteiger charge is -2.37. The van der Waals surface area contributed by atoms with Gasteiger partial charge in [-0.15, -0.1) is 0 Å². The molecule has 0 amide bonds. The molecular weight excluding hydrogens is 284 g/mol. The average Bonchev–Trinajstić information content (AvgIpc) is 2.29. The Morgan fingerprint density at radius 3 is 2.94 bits per heavy atom. The number of fused-ring (bicyclic) bond motifs is 1. The molecule has 1 aromatic carbocycles. The van der Waals surface area contributed by atoms with Crippen LogP contribution in [0.2, 0.25) is 0 Å². The smallest absolute Gasteiger partial charge is 0.342 e. The first-order valence-electron chi connectivity index (χ1n) is 5.53. The third kappa shape index (κ3) is 2.00. The SMILES string of the molecule is COC(=O)C1(C)OC(C)Cc2c(Br)cccc21. The zero-order valence-electron chi connectivity index (χ0n) is 10.1. The number of methoxy groups -OCH3 is 1. The molecule has 0 radical (unpaired) electrons. The number of esters is 1. The third-order valence-corrected chi connectivity index (χ3v) is 3.88. The van der Waals surface area contributed by atoms with E-state index in [1.807, 2.05) is 25.1 Å². The number of carbonyl (C=O) groups excluding carboxylic acids is 1. The molecule has 0 aliphatic carbocycles. The van der Waals surface area contributed by atoms with Gasteiger partial charge in [-0.05, 0) is 37.5 Å². The van der Waals surface area contributed by atoms with Crippen LogP contribution in [-0.4, -0.2) is 19.2 Å². The van der Waals surface area contributed by atoms with Gasteiger partial charge < -0.3 is 9.47 Å². The Labute approximate surface area is 109 Å². The predicted octanol–water partition coefficient (Wildman–Crippen LogP) is 2.80. The van der Waals surface area contributed by atoms with Crippen LogP contribution in [0.15, 0.2) is 22.7 Å². The molecule has 0 N–H and O–H groups in total. The topological polar surface area (TPSA) is 35.5 Å². The van der Waals surface area contributed by atoms with Crippen LogP contribution in [0.25, 0.3) is 0 Å². The second-order valence-corrected chi connectivity index (χ2v) is 5.28. The van der Waals surface area contributed by atoms with Gasteiger partial charge in [-0.2, -0.15) is 0 Å². The summed E-state index contributed by atoms with van der Waals surface area (Å²) >= 11 is 3.52. The van der Waals surface area contributed by atoms with E-state index in [2.05, 4.69) is 15.9 Å². The van der Waals surface area contributed by atoms with E-state index in [-0.39, 0.29) is 12.1 Å². The molecule has 0 spiro atoms. The monoisotopic (exact) mass is 298 g/mol. The maximum atomic E-state index is 11.9. The Balaban J connectivity index is 2.59. The minimum absolute atomic E-state index is 0.00898. The molecule has 17 heavy (non-hydrogen) atoms. The van der Waals surface area contributed by atoms with Crippen LogP contribution < -0.4 is 0 Å². The minimum Gasteiger partial charge on any atom is -0.467 e. The fraction of sp³-hybridized carbons (Fsp3) is 0.462. The van der Waals surface area contributed by atoms with Crippen LogP contribution >= 0.6 is 15.9 Å². The zero-order valence-corrected chi connectivity index (χ0v) is 11.7. The molecule has 1 aliphatic heterocycles. The van der Waals surface area contributed by atoms with Crippen molar-refractivity contribution in [3.8, 4) is 0 Å². The maximum Gasteiger partial charge on any atom is 0.342 e. The van der Waals surface area contributed by atoms with Crippen molar-refractivity contribution in [3.05, 3.63) is 33.8 Å². The van der Waals surface area contributed by atoms with E-state index in [4.69, 9.17) is 9.47 Å². The van der Waals surface area contributed by atoms with E-state index in [0.717, 1.165) is 22.0 Å². The van der Waals surface area contributed by atoms with Crippen molar-refractivity contribution in [1.82, 2.24) is 0 Å². The molecule has 0 saturated heterocycles. The van der Waals surface area contributed by atoms with Crippen LogP contribution in [0.5, 0.6) is 0 Å². The molecule has 0 saturated carbocycles. The van der Waals surface area contributed by atoms with Gasteiger partial charge in [-0.3, -0.25) is 0 Å². The summed E-state index contributed by atoms with van der Waals surface area (Å²) in [5.41, 5.74) is 1.00. The van der Waals surface area contributed by atoms with Crippen molar-refractivity contribution in [1.29, 1.82) is 0 Å². The highest BCUT2D eigenvalue weighted by Gasteiger charge is 2.44. The highest BCUT2D eigenvalue weighted by Crippen LogP contribution is 2.39. The highest BCUT2D eigenvalue weighted by molar-refractivity contribution is 9.10. The third-order valence-electron chi connectivity index (χ3n) is 3.14. The molecule has 3 nitrogen and oxygen atoms in total. The predicted molar refractivity (Wildman–Crippen MR) is 67.8 cm³/mol. The molecular formula is C13H15BrO3. The van der Waals surface area contributed by atoms with Crippen LogP contribution in [0.3, 0.4) is 0 Å². The Morgan fingerprint density at radius 1 is 1.59 bits per heavy atom. The van der Waals surface area contributed by atoms with Crippen molar-refractivity contribution >= 4 is 21.9 Å². The number of ether oxygens (including phenoxy) is 2. The molecule has 92 valence electrons. The Kier molecular flexibility index (Phi) is 3.27. The van der Waals surface area contributed by atoms with Gasteiger partial charge in [0.1, 0.15) is 0 Å². The van der Waals surface area contributed by atoms with Gasteiger partial charge >= 0.3 is 5.97 Å². The maximum absolute atomic E-state index is 11.9. The number of benzene rings is 1. The van der Waals surface area contributed by atoms with Gasteiger partial charge in [-0.25, -0.2) is 4.79 Å². The molecule has 0 aromatic heterocycles. The van der Waals surface area contributed by atoms with Crippen molar-refractivity contribution in [2.75, 3.05) is 7.11 Å². The van der Waals surface area contributed by atoms with E-state index in [1.165, 1.54) is 7.11 Å². The summed E-state index contributed by atoms with van der Waals surface area (Å²) in [5, 5.41) is 0. The van der Waals surface area contributed by atoms with E-state index in [1.54, 1.807) is 6.92 Å². The van der Waals surface area contributed by atoms with Crippen molar-refractivity contribution in [3.63, 3.8) is 0 Å². The first kappa shape index (κ1) is 12.6. The first-order valence-corrected chi connectivity index (χ1v) is 6.32. The summed E-state index contributed by atoms with van der Waals surface area (Å²) in [6.45, 7) is 3.73. The highest BCUT2D eigenvalue weighted by atomic mass is 79.9. The van der Waals surface area contributed by atoms with Gasteiger partial charge in [0, 0.05) is 4.47 Å². The van der Waals surface area contributed by atoms with Gasteiger partial charge in [0.05, 0.1) is 13.2 Å². The molecule has 2 rings (SSSR count). The number of rotatable bonds is 1. The van der Waals surface area contributed by atoms with Crippen molar-refractivity contribution in [2.45, 2.75) is 32.0 Å². The van der Waals surface area contributed by atoms with Gasteiger partial charge in [0.15, 0.2) is 5.60 Å². The van der Waals surface area contributed by atoms with Gasteiger partial charge in [0.25, 0.3) is 0 Å². The zero-order chi connectivity index (χ0) is 12.6. The molecule has 1 aliphatic rings. The second-order valence-electron chi connectivity index (χ2n) is 4.42. The van der Waals surface area contributed by atoms with Gasteiger partial charge in [0.2, 0.25) is 0 Å². The van der Waals surface area contributed by atoms with Crippen LogP contribution in [0.4, 0.5) is 0 Å². The Bertz CT molecular complexity index is 458. The van der Waals surface area contributed by atoms with Crippen LogP contribution in [-0.2, 0) is 26.3 Å². The molecule has 1 aromatic rings. The lowest BCUT2D eigenvalue weighted by atomic mass is 9.86. The lowest BCUT2D eigenvalue weighted by molar-refractivity contribution is -0.178. The fourth-order valence-electron chi connectivity index (χ4n) is 2.36. The van der Waals surface area contributed by atoms with E-state index in [9.17, 15) is 4.79 Å². The Morgan fingerprint density at radius 2 is 2.29 bits per heavy atom. The summed E-state index contributed by atoms with van der Waals surface area (Å²) in [6.07, 6.45) is 0.786. The summed E-state index contributed by atoms with van der Waals surface area (Å²) in [6, 6.07) is 5.81. The number of carbonyl (C=O) groups is 1. The van der Waals surface area contributed by atoms with E-state index >= 15 is 0 Å². The number of hydrogen-bond donors (Lipinski definition) is 0. The second kappa shape index (κ2) is 4.42. The minimum atomic E-state index is -1.01. The largest absolute Gasteiger partial charge is 0.467 e. The quantitative estimate of drug-likeness (QED) is 0.748. The first-order chi connectivity index (χ1) is 7.99. The average molecular weight is 299 g/mol. The van der Waals surface area contributed by atoms with E-state index < -0.39 is 5.60 Å². The van der Waals surface area contributed by atoms with Crippen LogP contribution in [0.1, 0.15) is 25.0 Å². The summed E-state index contributed by atoms with van der Waals surface area (Å²) in [5.74, 6) is -0.358. The summed E-state index contributed by atoms with van der Waals surface area (Å²) < 4.78 is 11.7. The molecule has 2 unspecified atom stereocenters. The van der Waals surface area contributed by atoms with E-state index in [0.29, 0.717) is 0 Å². The summed E-state index contributed by atoms with van der Waals surface area (Å²) in [7, 11) is 1.38. The van der Waals surface area contributed by atoms with Gasteiger partial charge in [-0.1, -0.05) is 28.1 Å². The number of halogens is 1.